The van der Waals surface area contributed by atoms with E-state index >= 15 is 0 Å². The molecule has 0 spiro atoms. The van der Waals surface area contributed by atoms with Gasteiger partial charge in [0.2, 0.25) is 0 Å². The van der Waals surface area contributed by atoms with Crippen molar-refractivity contribution in [3.8, 4) is 0 Å². The Bertz CT molecular complexity index is 682. The third-order valence-corrected chi connectivity index (χ3v) is 3.88. The number of hydrogen-bond acceptors (Lipinski definition) is 7. The zero-order valence-corrected chi connectivity index (χ0v) is 14.2. The van der Waals surface area contributed by atoms with Gasteiger partial charge in [-0.1, -0.05) is 13.3 Å². The molecule has 0 aromatic carbocycles. The van der Waals surface area contributed by atoms with Crippen LogP contribution in [-0.2, 0) is 9.47 Å². The minimum absolute atomic E-state index is 0.363. The van der Waals surface area contributed by atoms with Gasteiger partial charge in [-0.05, 0) is 20.3 Å². The highest BCUT2D eigenvalue weighted by atomic mass is 19.1. The molecule has 0 bridgehead atoms. The van der Waals surface area contributed by atoms with Gasteiger partial charge in [-0.3, -0.25) is 9.88 Å². The molecule has 0 saturated carbocycles. The quantitative estimate of drug-likeness (QED) is 0.709. The number of halogens is 1. The van der Waals surface area contributed by atoms with E-state index in [1.54, 1.807) is 6.92 Å². The predicted molar refractivity (Wildman–Crippen MR) is 84.5 cm³/mol. The molecule has 1 aromatic rings. The molecule has 9 nitrogen and oxygen atoms in total. The summed E-state index contributed by atoms with van der Waals surface area (Å²) in [5, 5.41) is 21.6. The second kappa shape index (κ2) is 7.89. The minimum atomic E-state index is -1.41. The Hall–Kier alpha value is -2.04. The van der Waals surface area contributed by atoms with E-state index in [0.717, 1.165) is 17.2 Å². The molecule has 2 rings (SSSR count). The number of nitrogens with zero attached hydrogens (tertiary/aromatic N) is 2. The molecule has 25 heavy (non-hydrogen) atoms. The lowest BCUT2D eigenvalue weighted by Crippen LogP contribution is -2.36. The number of nitrogens with one attached hydrogen (secondary N) is 1. The van der Waals surface area contributed by atoms with Gasteiger partial charge in [0, 0.05) is 0 Å². The number of aliphatic hydroxyl groups excluding tert-OH is 2. The minimum Gasteiger partial charge on any atom is -0.446 e. The van der Waals surface area contributed by atoms with Crippen LogP contribution in [0.25, 0.3) is 0 Å². The van der Waals surface area contributed by atoms with Crippen molar-refractivity contribution in [3.63, 3.8) is 0 Å². The van der Waals surface area contributed by atoms with Crippen molar-refractivity contribution >= 4 is 11.9 Å². The van der Waals surface area contributed by atoms with E-state index in [4.69, 9.17) is 9.47 Å². The molecular formula is C15H22FN3O6. The Kier molecular flexibility index (Phi) is 6.09. The summed E-state index contributed by atoms with van der Waals surface area (Å²) in [5.41, 5.74) is -0.955. The Labute approximate surface area is 143 Å². The van der Waals surface area contributed by atoms with Crippen LogP contribution in [0.3, 0.4) is 0 Å². The molecule has 3 N–H and O–H groups in total. The standard InChI is InChI=1S/C15H22FN3O6/c1-4-5-7(2)24-15(23)18-12-9(16)6-19(14(22)17-12)13-11(21)10(20)8(3)25-13/h6-8,10-11,13,20-21H,4-5H2,1-3H3,(H,17,18,22,23)/t7?,8-,10-,11-,13-/m1/s1. The SMILES string of the molecule is CCCC(C)OC(=O)Nc1nc(=O)n([C@@H]2O[C@H](C)[C@@H](O)[C@H]2O)cc1F. The lowest BCUT2D eigenvalue weighted by molar-refractivity contribution is -0.0355. The number of hydrogen-bond donors (Lipinski definition) is 3. The molecule has 1 amide bonds. The van der Waals surface area contributed by atoms with Gasteiger partial charge in [0.15, 0.2) is 17.9 Å². The summed E-state index contributed by atoms with van der Waals surface area (Å²) in [6.45, 7) is 5.12. The van der Waals surface area contributed by atoms with Crippen molar-refractivity contribution in [3.05, 3.63) is 22.5 Å². The molecule has 2 heterocycles. The van der Waals surface area contributed by atoms with Crippen molar-refractivity contribution in [2.75, 3.05) is 5.32 Å². The topological polar surface area (TPSA) is 123 Å². The van der Waals surface area contributed by atoms with Crippen molar-refractivity contribution in [2.24, 2.45) is 0 Å². The average Bonchev–Trinajstić information content (AvgIpc) is 2.78. The van der Waals surface area contributed by atoms with Gasteiger partial charge in [-0.15, -0.1) is 0 Å². The molecule has 0 aliphatic carbocycles. The van der Waals surface area contributed by atoms with Crippen LogP contribution in [0.15, 0.2) is 11.0 Å². The number of aliphatic hydroxyl groups is 2. The monoisotopic (exact) mass is 359 g/mol. The smallest absolute Gasteiger partial charge is 0.413 e. The first kappa shape index (κ1) is 19.3. The molecular weight excluding hydrogens is 337 g/mol. The van der Waals surface area contributed by atoms with Gasteiger partial charge in [0.1, 0.15) is 18.3 Å². The maximum atomic E-state index is 14.2. The van der Waals surface area contributed by atoms with Crippen LogP contribution in [-0.4, -0.2) is 50.3 Å². The normalized spacial score (nSPS) is 27.1. The third kappa shape index (κ3) is 4.33. The summed E-state index contributed by atoms with van der Waals surface area (Å²) in [4.78, 5) is 27.2. The van der Waals surface area contributed by atoms with E-state index in [1.807, 2.05) is 6.92 Å². The lowest BCUT2D eigenvalue weighted by Gasteiger charge is -2.18. The third-order valence-electron chi connectivity index (χ3n) is 3.88. The average molecular weight is 359 g/mol. The maximum Gasteiger partial charge on any atom is 0.413 e. The fourth-order valence-corrected chi connectivity index (χ4v) is 2.55. The van der Waals surface area contributed by atoms with Gasteiger partial charge in [0.05, 0.1) is 12.3 Å². The van der Waals surface area contributed by atoms with E-state index < -0.39 is 48.0 Å². The number of amides is 1. The molecule has 10 heteroatoms. The number of ether oxygens (including phenoxy) is 2. The summed E-state index contributed by atoms with van der Waals surface area (Å²) in [6.07, 6.45) is -3.72. The molecule has 0 radical (unpaired) electrons. The van der Waals surface area contributed by atoms with E-state index in [0.29, 0.717) is 6.42 Å². The van der Waals surface area contributed by atoms with Gasteiger partial charge in [0.25, 0.3) is 0 Å². The highest BCUT2D eigenvalue weighted by Crippen LogP contribution is 2.28. The van der Waals surface area contributed by atoms with Crippen molar-refractivity contribution in [2.45, 2.75) is 64.3 Å². The molecule has 1 aliphatic rings. The fourth-order valence-electron chi connectivity index (χ4n) is 2.55. The van der Waals surface area contributed by atoms with Crippen molar-refractivity contribution < 1.29 is 28.9 Å². The first-order chi connectivity index (χ1) is 11.7. The van der Waals surface area contributed by atoms with Gasteiger partial charge in [-0.25, -0.2) is 14.0 Å². The second-order valence-corrected chi connectivity index (χ2v) is 5.97. The van der Waals surface area contributed by atoms with E-state index in [2.05, 4.69) is 10.3 Å². The lowest BCUT2D eigenvalue weighted by atomic mass is 10.1. The van der Waals surface area contributed by atoms with E-state index in [1.165, 1.54) is 6.92 Å². The summed E-state index contributed by atoms with van der Waals surface area (Å²) in [5.74, 6) is -1.60. The number of carbonyl (C=O) groups is 1. The Morgan fingerprint density at radius 3 is 2.76 bits per heavy atom. The summed E-state index contributed by atoms with van der Waals surface area (Å²) >= 11 is 0. The highest BCUT2D eigenvalue weighted by Gasteiger charge is 2.42. The fraction of sp³-hybridized carbons (Fsp3) is 0.667. The van der Waals surface area contributed by atoms with Crippen LogP contribution in [0.5, 0.6) is 0 Å². The number of aromatic nitrogens is 2. The maximum absolute atomic E-state index is 14.2. The van der Waals surface area contributed by atoms with Crippen LogP contribution in [0.4, 0.5) is 15.0 Å². The molecule has 1 aromatic heterocycles. The first-order valence-corrected chi connectivity index (χ1v) is 8.02. The zero-order chi connectivity index (χ0) is 18.7. The predicted octanol–water partition coefficient (Wildman–Crippen LogP) is 0.759. The van der Waals surface area contributed by atoms with Gasteiger partial charge >= 0.3 is 11.8 Å². The van der Waals surface area contributed by atoms with Gasteiger partial charge in [-0.2, -0.15) is 4.98 Å². The molecule has 1 aliphatic heterocycles. The Balaban J connectivity index is 2.15. The van der Waals surface area contributed by atoms with Crippen LogP contribution in [0.2, 0.25) is 0 Å². The van der Waals surface area contributed by atoms with E-state index in [-0.39, 0.29) is 6.10 Å². The molecule has 1 fully saturated rings. The summed E-state index contributed by atoms with van der Waals surface area (Å²) in [6, 6.07) is 0. The number of anilines is 1. The summed E-state index contributed by atoms with van der Waals surface area (Å²) < 4.78 is 25.1. The first-order valence-electron chi connectivity index (χ1n) is 8.02. The molecule has 140 valence electrons. The van der Waals surface area contributed by atoms with Gasteiger partial charge < -0.3 is 19.7 Å². The largest absolute Gasteiger partial charge is 0.446 e. The molecule has 1 saturated heterocycles. The van der Waals surface area contributed by atoms with Crippen LogP contribution < -0.4 is 11.0 Å². The summed E-state index contributed by atoms with van der Waals surface area (Å²) in [7, 11) is 0. The van der Waals surface area contributed by atoms with Crippen LogP contribution in [0.1, 0.15) is 39.8 Å². The van der Waals surface area contributed by atoms with Crippen molar-refractivity contribution in [1.29, 1.82) is 0 Å². The molecule has 5 atom stereocenters. The highest BCUT2D eigenvalue weighted by molar-refractivity contribution is 5.83. The second-order valence-electron chi connectivity index (χ2n) is 5.97. The Morgan fingerprint density at radius 1 is 1.52 bits per heavy atom. The zero-order valence-electron chi connectivity index (χ0n) is 14.2. The number of rotatable bonds is 5. The van der Waals surface area contributed by atoms with Crippen LogP contribution in [0, 0.1) is 5.82 Å². The van der Waals surface area contributed by atoms with E-state index in [9.17, 15) is 24.2 Å². The number of carbonyl (C=O) groups excluding carboxylic acids is 1. The molecule has 1 unspecified atom stereocenters. The Morgan fingerprint density at radius 2 is 2.20 bits per heavy atom. The van der Waals surface area contributed by atoms with Crippen molar-refractivity contribution in [1.82, 2.24) is 9.55 Å². The van der Waals surface area contributed by atoms with Crippen LogP contribution >= 0.6 is 0 Å².